The summed E-state index contributed by atoms with van der Waals surface area (Å²) < 4.78 is 0.488. The second-order valence-electron chi connectivity index (χ2n) is 5.97. The third kappa shape index (κ3) is 4.77. The van der Waals surface area contributed by atoms with Crippen LogP contribution in [0.5, 0.6) is 0 Å². The molecule has 1 saturated carbocycles. The van der Waals surface area contributed by atoms with Gasteiger partial charge in [0.1, 0.15) is 0 Å². The number of carboxylic acid groups (broad SMARTS) is 1. The van der Waals surface area contributed by atoms with Gasteiger partial charge in [0.15, 0.2) is 0 Å². The Labute approximate surface area is 147 Å². The summed E-state index contributed by atoms with van der Waals surface area (Å²) in [5.41, 5.74) is 0.569. The molecule has 2 atom stereocenters. The Morgan fingerprint density at radius 3 is 2.62 bits per heavy atom. The molecule has 1 aromatic carbocycles. The molecule has 1 fully saturated rings. The third-order valence-corrected chi connectivity index (χ3v) is 5.02. The van der Waals surface area contributed by atoms with E-state index >= 15 is 0 Å². The number of carbonyl (C=O) groups is 2. The van der Waals surface area contributed by atoms with Crippen molar-refractivity contribution in [2.24, 2.45) is 5.92 Å². The van der Waals surface area contributed by atoms with Crippen LogP contribution in [-0.4, -0.2) is 27.9 Å². The molecule has 2 N–H and O–H groups in total. The highest BCUT2D eigenvalue weighted by atomic mass is 79.9. The van der Waals surface area contributed by atoms with E-state index in [0.717, 1.165) is 19.3 Å². The molecule has 0 aliphatic heterocycles. The lowest BCUT2D eigenvalue weighted by Gasteiger charge is -2.23. The second-order valence-corrected chi connectivity index (χ2v) is 6.82. The largest absolute Gasteiger partial charge is 0.481 e. The van der Waals surface area contributed by atoms with E-state index in [9.17, 15) is 24.8 Å². The number of nitro benzene ring substituents is 1. The van der Waals surface area contributed by atoms with Crippen molar-refractivity contribution >= 4 is 33.5 Å². The summed E-state index contributed by atoms with van der Waals surface area (Å²) in [5.74, 6) is -1.71. The van der Waals surface area contributed by atoms with Gasteiger partial charge >= 0.3 is 5.97 Å². The average molecular weight is 399 g/mol. The number of hydrogen-bond donors (Lipinski definition) is 2. The van der Waals surface area contributed by atoms with Crippen molar-refractivity contribution < 1.29 is 19.6 Å². The molecule has 8 heteroatoms. The van der Waals surface area contributed by atoms with Crippen LogP contribution in [0.25, 0.3) is 0 Å². The molecule has 0 saturated heterocycles. The van der Waals surface area contributed by atoms with Crippen LogP contribution in [0.4, 0.5) is 5.69 Å². The van der Waals surface area contributed by atoms with Crippen molar-refractivity contribution in [1.29, 1.82) is 0 Å². The van der Waals surface area contributed by atoms with E-state index < -0.39 is 16.8 Å². The van der Waals surface area contributed by atoms with E-state index in [0.29, 0.717) is 22.9 Å². The zero-order valence-corrected chi connectivity index (χ0v) is 14.6. The van der Waals surface area contributed by atoms with Crippen molar-refractivity contribution in [3.8, 4) is 0 Å². The molecule has 2 rings (SSSR count). The number of carboxylic acids is 1. The first-order valence-electron chi connectivity index (χ1n) is 7.83. The van der Waals surface area contributed by atoms with Crippen LogP contribution in [0.2, 0.25) is 0 Å². The molecule has 1 amide bonds. The summed E-state index contributed by atoms with van der Waals surface area (Å²) in [6.45, 7) is 0. The van der Waals surface area contributed by atoms with Gasteiger partial charge in [0.05, 0.1) is 17.3 Å². The fourth-order valence-corrected chi connectivity index (χ4v) is 3.51. The van der Waals surface area contributed by atoms with Gasteiger partial charge in [-0.25, -0.2) is 0 Å². The number of rotatable bonds is 5. The molecule has 24 heavy (non-hydrogen) atoms. The van der Waals surface area contributed by atoms with Gasteiger partial charge in [0, 0.05) is 22.6 Å². The van der Waals surface area contributed by atoms with Gasteiger partial charge in [0.25, 0.3) is 5.69 Å². The monoisotopic (exact) mass is 398 g/mol. The van der Waals surface area contributed by atoms with E-state index in [-0.39, 0.29) is 24.1 Å². The van der Waals surface area contributed by atoms with E-state index in [1.807, 2.05) is 0 Å². The van der Waals surface area contributed by atoms with Gasteiger partial charge in [-0.1, -0.05) is 41.3 Å². The summed E-state index contributed by atoms with van der Waals surface area (Å²) in [7, 11) is 0. The normalized spacial score (nSPS) is 20.9. The van der Waals surface area contributed by atoms with Crippen LogP contribution in [0.15, 0.2) is 22.7 Å². The molecule has 1 aliphatic carbocycles. The molecule has 0 unspecified atom stereocenters. The smallest absolute Gasteiger partial charge is 0.308 e. The van der Waals surface area contributed by atoms with Gasteiger partial charge < -0.3 is 10.4 Å². The Bertz CT molecular complexity index is 649. The van der Waals surface area contributed by atoms with Crippen LogP contribution in [0.3, 0.4) is 0 Å². The molecule has 0 heterocycles. The maximum absolute atomic E-state index is 12.3. The van der Waals surface area contributed by atoms with Crippen LogP contribution in [0.1, 0.15) is 37.7 Å². The maximum atomic E-state index is 12.3. The summed E-state index contributed by atoms with van der Waals surface area (Å²) in [6.07, 6.45) is 4.00. The average Bonchev–Trinajstić information content (AvgIpc) is 2.74. The van der Waals surface area contributed by atoms with E-state index in [2.05, 4.69) is 21.2 Å². The number of nitro groups is 1. The van der Waals surface area contributed by atoms with Crippen molar-refractivity contribution in [2.75, 3.05) is 0 Å². The number of nitrogens with zero attached hydrogens (tertiary/aromatic N) is 1. The molecule has 0 bridgehead atoms. The minimum atomic E-state index is -0.876. The van der Waals surface area contributed by atoms with Gasteiger partial charge in [0.2, 0.25) is 5.91 Å². The van der Waals surface area contributed by atoms with Crippen LogP contribution < -0.4 is 5.32 Å². The SMILES string of the molecule is O=C(Cc1ccc([N+](=O)[O-])cc1Br)N[C@H]1CCCCC[C@H]1C(=O)O. The maximum Gasteiger partial charge on any atom is 0.308 e. The van der Waals surface area contributed by atoms with Gasteiger partial charge in [-0.15, -0.1) is 0 Å². The quantitative estimate of drug-likeness (QED) is 0.449. The first kappa shape index (κ1) is 18.4. The molecule has 130 valence electrons. The van der Waals surface area contributed by atoms with Crippen LogP contribution in [-0.2, 0) is 16.0 Å². The van der Waals surface area contributed by atoms with Crippen molar-refractivity contribution in [2.45, 2.75) is 44.6 Å². The number of halogens is 1. The molecule has 0 spiro atoms. The predicted molar refractivity (Wildman–Crippen MR) is 90.6 cm³/mol. The van der Waals surface area contributed by atoms with Crippen LogP contribution >= 0.6 is 15.9 Å². The first-order chi connectivity index (χ1) is 11.4. The number of nitrogens with one attached hydrogen (secondary N) is 1. The first-order valence-corrected chi connectivity index (χ1v) is 8.62. The van der Waals surface area contributed by atoms with E-state index in [4.69, 9.17) is 0 Å². The lowest BCUT2D eigenvalue weighted by molar-refractivity contribution is -0.384. The highest BCUT2D eigenvalue weighted by Crippen LogP contribution is 2.25. The molecule has 0 aromatic heterocycles. The number of non-ortho nitro benzene ring substituents is 1. The number of amides is 1. The fourth-order valence-electron chi connectivity index (χ4n) is 3.00. The summed E-state index contributed by atoms with van der Waals surface area (Å²) in [6, 6.07) is 3.87. The molecule has 1 aliphatic rings. The number of benzene rings is 1. The highest BCUT2D eigenvalue weighted by molar-refractivity contribution is 9.10. The Morgan fingerprint density at radius 2 is 2.00 bits per heavy atom. The Morgan fingerprint density at radius 1 is 1.29 bits per heavy atom. The fraction of sp³-hybridized carbons (Fsp3) is 0.500. The molecule has 0 radical (unpaired) electrons. The zero-order valence-electron chi connectivity index (χ0n) is 13.0. The standard InChI is InChI=1S/C16H19BrN2O5/c17-13-9-11(19(23)24)7-6-10(13)8-15(20)18-14-5-3-1-2-4-12(14)16(21)22/h6-7,9,12,14H,1-5,8H2,(H,18,20)(H,21,22)/t12-,14+/m1/s1. The number of carbonyl (C=O) groups excluding carboxylic acids is 1. The van der Waals surface area contributed by atoms with Crippen molar-refractivity contribution in [1.82, 2.24) is 5.32 Å². The van der Waals surface area contributed by atoms with Gasteiger partial charge in [-0.2, -0.15) is 0 Å². The second kappa shape index (κ2) is 8.23. The molecular weight excluding hydrogens is 380 g/mol. The summed E-state index contributed by atoms with van der Waals surface area (Å²) in [5, 5.41) is 22.9. The van der Waals surface area contributed by atoms with Gasteiger partial charge in [-0.05, 0) is 18.4 Å². The Kier molecular flexibility index (Phi) is 6.30. The molecule has 1 aromatic rings. The predicted octanol–water partition coefficient (Wildman–Crippen LogP) is 3.05. The lowest BCUT2D eigenvalue weighted by Crippen LogP contribution is -2.43. The van der Waals surface area contributed by atoms with Gasteiger partial charge in [-0.3, -0.25) is 19.7 Å². The van der Waals surface area contributed by atoms with E-state index in [1.54, 1.807) is 0 Å². The highest BCUT2D eigenvalue weighted by Gasteiger charge is 2.30. The Balaban J connectivity index is 2.04. The molecular formula is C16H19BrN2O5. The Hall–Kier alpha value is -1.96. The third-order valence-electron chi connectivity index (χ3n) is 4.28. The van der Waals surface area contributed by atoms with Crippen LogP contribution in [0, 0.1) is 16.0 Å². The summed E-state index contributed by atoms with van der Waals surface area (Å²) in [4.78, 5) is 33.9. The number of aliphatic carboxylic acids is 1. The molecule has 7 nitrogen and oxygen atoms in total. The topological polar surface area (TPSA) is 110 Å². The zero-order chi connectivity index (χ0) is 17.7. The van der Waals surface area contributed by atoms with Crippen molar-refractivity contribution in [3.05, 3.63) is 38.3 Å². The lowest BCUT2D eigenvalue weighted by atomic mass is 9.94. The minimum absolute atomic E-state index is 0.0431. The number of hydrogen-bond acceptors (Lipinski definition) is 4. The van der Waals surface area contributed by atoms with E-state index in [1.165, 1.54) is 18.2 Å². The minimum Gasteiger partial charge on any atom is -0.481 e. The van der Waals surface area contributed by atoms with Crippen molar-refractivity contribution in [3.63, 3.8) is 0 Å². The summed E-state index contributed by atoms with van der Waals surface area (Å²) >= 11 is 3.24.